The van der Waals surface area contributed by atoms with Crippen molar-refractivity contribution in [2.45, 2.75) is 6.92 Å². The molecule has 1 aliphatic heterocycles. The lowest BCUT2D eigenvalue weighted by Gasteiger charge is -2.37. The van der Waals surface area contributed by atoms with E-state index in [1.165, 1.54) is 5.01 Å². The lowest BCUT2D eigenvalue weighted by Crippen LogP contribution is -2.53. The first-order chi connectivity index (χ1) is 11.2. The van der Waals surface area contributed by atoms with E-state index in [1.807, 2.05) is 47.4 Å². The Labute approximate surface area is 134 Å². The van der Waals surface area contributed by atoms with E-state index < -0.39 is 6.09 Å². The fraction of sp³-hybridized carbons (Fsp3) is 0.176. The van der Waals surface area contributed by atoms with Crippen LogP contribution in [0.2, 0.25) is 0 Å². The number of nitrogens with one attached hydrogen (secondary N) is 1. The Bertz CT molecular complexity index is 718. The highest BCUT2D eigenvalue weighted by Crippen LogP contribution is 2.32. The lowest BCUT2D eigenvalue weighted by molar-refractivity contribution is 0.0603. The van der Waals surface area contributed by atoms with Crippen molar-refractivity contribution in [1.29, 1.82) is 0 Å². The molecule has 1 N–H and O–H groups in total. The molecule has 0 bridgehead atoms. The molecule has 3 rings (SSSR count). The summed E-state index contributed by atoms with van der Waals surface area (Å²) in [5, 5.41) is 1.26. The van der Waals surface area contributed by atoms with Crippen LogP contribution in [-0.2, 0) is 4.74 Å². The normalized spacial score (nSPS) is 13.5. The van der Waals surface area contributed by atoms with E-state index in [-0.39, 0.29) is 19.2 Å². The molecule has 0 unspecified atom stereocenters. The molecular formula is C17H17N3O3. The number of carbonyl (C=O) groups is 2. The number of fused-ring (bicyclic) bond motifs is 1. The van der Waals surface area contributed by atoms with Gasteiger partial charge in [-0.25, -0.2) is 15.2 Å². The quantitative estimate of drug-likeness (QED) is 0.947. The van der Waals surface area contributed by atoms with E-state index in [2.05, 4.69) is 5.43 Å². The fourth-order valence-corrected chi connectivity index (χ4v) is 2.51. The fourth-order valence-electron chi connectivity index (χ4n) is 2.51. The summed E-state index contributed by atoms with van der Waals surface area (Å²) in [4.78, 5) is 26.2. The monoisotopic (exact) mass is 311 g/mol. The molecule has 2 amide bonds. The van der Waals surface area contributed by atoms with Gasteiger partial charge in [-0.15, -0.1) is 0 Å². The second kappa shape index (κ2) is 6.39. The van der Waals surface area contributed by atoms with Crippen LogP contribution in [0.5, 0.6) is 0 Å². The summed E-state index contributed by atoms with van der Waals surface area (Å²) < 4.78 is 4.86. The summed E-state index contributed by atoms with van der Waals surface area (Å²) >= 11 is 0. The maximum Gasteiger partial charge on any atom is 0.426 e. The molecule has 0 aromatic heterocycles. The average Bonchev–Trinajstić information content (AvgIpc) is 2.58. The molecule has 2 aromatic carbocycles. The van der Waals surface area contributed by atoms with Crippen molar-refractivity contribution in [2.24, 2.45) is 0 Å². The van der Waals surface area contributed by atoms with Crippen LogP contribution in [-0.4, -0.2) is 30.3 Å². The van der Waals surface area contributed by atoms with Gasteiger partial charge >= 0.3 is 6.09 Å². The summed E-state index contributed by atoms with van der Waals surface area (Å²) in [5.41, 5.74) is 4.76. The Hall–Kier alpha value is -3.02. The summed E-state index contributed by atoms with van der Waals surface area (Å²) in [6.07, 6.45) is -0.645. The molecule has 0 aliphatic carbocycles. The Balaban J connectivity index is 1.95. The minimum absolute atomic E-state index is 0.207. The van der Waals surface area contributed by atoms with E-state index >= 15 is 0 Å². The molecule has 0 radical (unpaired) electrons. The van der Waals surface area contributed by atoms with E-state index in [0.29, 0.717) is 5.56 Å². The minimum Gasteiger partial charge on any atom is -0.449 e. The molecule has 23 heavy (non-hydrogen) atoms. The van der Waals surface area contributed by atoms with E-state index in [1.54, 1.807) is 19.1 Å². The number of hydrogen-bond acceptors (Lipinski definition) is 4. The summed E-state index contributed by atoms with van der Waals surface area (Å²) in [6, 6.07) is 17.0. The number of amides is 2. The van der Waals surface area contributed by atoms with Crippen molar-refractivity contribution in [3.63, 3.8) is 0 Å². The molecule has 0 spiro atoms. The average molecular weight is 311 g/mol. The van der Waals surface area contributed by atoms with Gasteiger partial charge in [0.05, 0.1) is 17.9 Å². The van der Waals surface area contributed by atoms with E-state index in [4.69, 9.17) is 4.74 Å². The van der Waals surface area contributed by atoms with Gasteiger partial charge in [0.25, 0.3) is 5.91 Å². The van der Waals surface area contributed by atoms with Gasteiger partial charge in [0, 0.05) is 5.69 Å². The summed E-state index contributed by atoms with van der Waals surface area (Å²) in [6.45, 7) is 2.16. The third kappa shape index (κ3) is 2.96. The number of nitrogens with zero attached hydrogens (tertiary/aromatic N) is 2. The highest BCUT2D eigenvalue weighted by Gasteiger charge is 2.31. The van der Waals surface area contributed by atoms with Crippen molar-refractivity contribution < 1.29 is 14.3 Å². The van der Waals surface area contributed by atoms with Crippen molar-refractivity contribution >= 4 is 23.4 Å². The molecule has 0 saturated carbocycles. The van der Waals surface area contributed by atoms with Crippen LogP contribution in [0.4, 0.5) is 16.2 Å². The van der Waals surface area contributed by atoms with Gasteiger partial charge in [-0.2, -0.15) is 0 Å². The largest absolute Gasteiger partial charge is 0.449 e. The highest BCUT2D eigenvalue weighted by atomic mass is 16.6. The zero-order chi connectivity index (χ0) is 16.2. The van der Waals surface area contributed by atoms with Crippen molar-refractivity contribution in [3.05, 3.63) is 60.2 Å². The second-order valence-electron chi connectivity index (χ2n) is 4.99. The third-order valence-corrected chi connectivity index (χ3v) is 3.52. The molecule has 1 heterocycles. The van der Waals surface area contributed by atoms with Crippen LogP contribution in [0.15, 0.2) is 54.6 Å². The molecule has 0 atom stereocenters. The maximum atomic E-state index is 12.6. The number of anilines is 2. The molecule has 1 aliphatic rings. The molecule has 6 heteroatoms. The van der Waals surface area contributed by atoms with Gasteiger partial charge in [-0.3, -0.25) is 4.79 Å². The molecular weight excluding hydrogens is 294 g/mol. The number of hydrazine groups is 1. The third-order valence-electron chi connectivity index (χ3n) is 3.52. The van der Waals surface area contributed by atoms with Crippen LogP contribution >= 0.6 is 0 Å². The van der Waals surface area contributed by atoms with E-state index in [9.17, 15) is 9.59 Å². The Morgan fingerprint density at radius 3 is 2.57 bits per heavy atom. The summed E-state index contributed by atoms with van der Waals surface area (Å²) in [7, 11) is 0. The van der Waals surface area contributed by atoms with Crippen LogP contribution in [0, 0.1) is 0 Å². The van der Waals surface area contributed by atoms with Crippen molar-refractivity contribution in [2.75, 3.05) is 18.2 Å². The highest BCUT2D eigenvalue weighted by molar-refractivity contribution is 6.03. The Morgan fingerprint density at radius 1 is 1.13 bits per heavy atom. The first-order valence-electron chi connectivity index (χ1n) is 7.37. The van der Waals surface area contributed by atoms with Gasteiger partial charge < -0.3 is 9.64 Å². The Kier molecular flexibility index (Phi) is 4.14. The summed E-state index contributed by atoms with van der Waals surface area (Å²) in [5.74, 6) is -0.263. The van der Waals surface area contributed by atoms with Gasteiger partial charge in [0.2, 0.25) is 0 Å². The number of para-hydroxylation sites is 2. The minimum atomic E-state index is -0.645. The van der Waals surface area contributed by atoms with Gasteiger partial charge in [-0.1, -0.05) is 30.3 Å². The molecule has 2 aromatic rings. The smallest absolute Gasteiger partial charge is 0.426 e. The van der Waals surface area contributed by atoms with Crippen LogP contribution in [0.3, 0.4) is 0 Å². The van der Waals surface area contributed by atoms with Crippen LogP contribution in [0.25, 0.3) is 0 Å². The first-order valence-corrected chi connectivity index (χ1v) is 7.37. The molecule has 118 valence electrons. The zero-order valence-electron chi connectivity index (χ0n) is 12.7. The number of benzene rings is 2. The number of rotatable bonds is 3. The predicted molar refractivity (Wildman–Crippen MR) is 86.2 cm³/mol. The topological polar surface area (TPSA) is 61.9 Å². The number of ether oxygens (including phenoxy) is 1. The zero-order valence-corrected chi connectivity index (χ0v) is 12.7. The molecule has 6 nitrogen and oxygen atoms in total. The standard InChI is InChI=1S/C17H17N3O3/c1-2-23-17(22)18-20-12-19(13-8-4-3-5-9-13)15-11-7-6-10-14(15)16(20)21/h3-11H,2,12H2,1H3,(H,18,22). The molecule has 0 fully saturated rings. The van der Waals surface area contributed by atoms with Gasteiger partial charge in [-0.05, 0) is 31.2 Å². The molecule has 0 saturated heterocycles. The van der Waals surface area contributed by atoms with E-state index in [0.717, 1.165) is 11.4 Å². The SMILES string of the molecule is CCOC(=O)NN1CN(c2ccccc2)c2ccccc2C1=O. The first kappa shape index (κ1) is 14.9. The second-order valence-corrected chi connectivity index (χ2v) is 4.99. The van der Waals surface area contributed by atoms with Gasteiger partial charge in [0.1, 0.15) is 6.67 Å². The van der Waals surface area contributed by atoms with Crippen LogP contribution < -0.4 is 10.3 Å². The number of hydrogen-bond donors (Lipinski definition) is 1. The van der Waals surface area contributed by atoms with Gasteiger partial charge in [0.15, 0.2) is 0 Å². The van der Waals surface area contributed by atoms with Crippen LogP contribution in [0.1, 0.15) is 17.3 Å². The maximum absolute atomic E-state index is 12.6. The predicted octanol–water partition coefficient (Wildman–Crippen LogP) is 2.90. The van der Waals surface area contributed by atoms with Crippen molar-refractivity contribution in [3.8, 4) is 0 Å². The lowest BCUT2D eigenvalue weighted by atomic mass is 10.1. The Morgan fingerprint density at radius 2 is 1.83 bits per heavy atom. The van der Waals surface area contributed by atoms with Crippen molar-refractivity contribution in [1.82, 2.24) is 10.4 Å². The number of carbonyl (C=O) groups excluding carboxylic acids is 2.